The van der Waals surface area contributed by atoms with Crippen molar-refractivity contribution in [3.8, 4) is 5.75 Å². The molecule has 4 aromatic rings. The van der Waals surface area contributed by atoms with Crippen LogP contribution in [0.5, 0.6) is 5.75 Å². The third-order valence-electron chi connectivity index (χ3n) is 5.80. The fraction of sp³-hybridized carbons (Fsp3) is 0.346. The number of carbonyl (C=O) groups excluding carboxylic acids is 2. The van der Waals surface area contributed by atoms with Gasteiger partial charge in [-0.1, -0.05) is 28.7 Å². The van der Waals surface area contributed by atoms with Crippen LogP contribution in [0, 0.1) is 0 Å². The zero-order valence-corrected chi connectivity index (χ0v) is 23.6. The predicted octanol–water partition coefficient (Wildman–Crippen LogP) is 4.62. The van der Waals surface area contributed by atoms with Crippen molar-refractivity contribution in [2.75, 3.05) is 5.32 Å². The van der Waals surface area contributed by atoms with Crippen molar-refractivity contribution in [1.82, 2.24) is 35.5 Å². The normalized spacial score (nSPS) is 12.5. The monoisotopic (exact) mass is 642 g/mol. The number of halogens is 6. The lowest BCUT2D eigenvalue weighted by molar-refractivity contribution is -0.274. The fourth-order valence-corrected chi connectivity index (χ4v) is 4.49. The maximum Gasteiger partial charge on any atom is 0.573 e. The molecule has 1 atom stereocenters. The van der Waals surface area contributed by atoms with Crippen LogP contribution in [0.2, 0.25) is 0 Å². The van der Waals surface area contributed by atoms with Gasteiger partial charge in [0, 0.05) is 25.1 Å². The lowest BCUT2D eigenvalue weighted by Crippen LogP contribution is -2.24. The average Bonchev–Trinajstić information content (AvgIpc) is 3.59. The summed E-state index contributed by atoms with van der Waals surface area (Å²) in [4.78, 5) is 28.5. The molecular formula is C26H24F6N8O3S. The first-order valence-corrected chi connectivity index (χ1v) is 13.7. The van der Waals surface area contributed by atoms with Gasteiger partial charge in [-0.25, -0.2) is 17.9 Å². The molecule has 3 aromatic heterocycles. The molecule has 3 heterocycles. The summed E-state index contributed by atoms with van der Waals surface area (Å²) in [5, 5.41) is 20.8. The fourth-order valence-electron chi connectivity index (χ4n) is 3.72. The van der Waals surface area contributed by atoms with Crippen LogP contribution in [0.3, 0.4) is 0 Å². The minimum atomic E-state index is -4.85. The van der Waals surface area contributed by atoms with E-state index >= 15 is 0 Å². The van der Waals surface area contributed by atoms with Gasteiger partial charge in [-0.05, 0) is 36.2 Å². The molecule has 0 fully saturated rings. The van der Waals surface area contributed by atoms with Gasteiger partial charge in [-0.2, -0.15) is 0 Å². The molecule has 44 heavy (non-hydrogen) atoms. The zero-order valence-electron chi connectivity index (χ0n) is 22.8. The van der Waals surface area contributed by atoms with E-state index in [4.69, 9.17) is 0 Å². The molecule has 0 bridgehead atoms. The summed E-state index contributed by atoms with van der Waals surface area (Å²) in [6.45, 7) is 0.512. The first-order chi connectivity index (χ1) is 20.7. The third-order valence-corrected chi connectivity index (χ3v) is 6.70. The first kappa shape index (κ1) is 32.3. The van der Waals surface area contributed by atoms with Crippen molar-refractivity contribution < 1.29 is 40.7 Å². The highest BCUT2D eigenvalue weighted by Gasteiger charge is 2.31. The highest BCUT2D eigenvalue weighted by atomic mass is 32.1. The van der Waals surface area contributed by atoms with Crippen molar-refractivity contribution in [2.24, 2.45) is 0 Å². The molecule has 11 nitrogen and oxygen atoms in total. The zero-order chi connectivity index (χ0) is 31.9. The van der Waals surface area contributed by atoms with Gasteiger partial charge in [0.1, 0.15) is 16.9 Å². The second-order valence-corrected chi connectivity index (χ2v) is 10.6. The lowest BCUT2D eigenvalue weighted by Gasteiger charge is -2.10. The molecule has 0 spiro atoms. The summed E-state index contributed by atoms with van der Waals surface area (Å²) < 4.78 is 83.4. The number of pyridine rings is 1. The molecule has 2 amide bonds. The molecular weight excluding hydrogens is 618 g/mol. The molecule has 18 heteroatoms. The van der Waals surface area contributed by atoms with Gasteiger partial charge in [0.05, 0.1) is 31.4 Å². The molecule has 4 rings (SSSR count). The molecule has 0 radical (unpaired) electrons. The standard InChI is InChI=1S/C26H24F6N8O3S/c1-25(28,29)16-5-7-18(33-11-16)12-34-23(42)20-14-40(39-36-20)13-17(27)6-8-22-37-38-24(44-22)35-21(41)10-15-3-2-4-19(9-15)43-26(30,31)32/h2-5,7,9,11,14,17H,6,8,10,12-13H2,1H3,(H,34,42)(H,35,38,41). The van der Waals surface area contributed by atoms with E-state index in [-0.39, 0.29) is 54.3 Å². The Labute approximate surface area is 249 Å². The Balaban J connectivity index is 1.19. The van der Waals surface area contributed by atoms with Crippen molar-refractivity contribution in [3.63, 3.8) is 0 Å². The third kappa shape index (κ3) is 9.99. The Morgan fingerprint density at radius 1 is 1.09 bits per heavy atom. The molecule has 1 aromatic carbocycles. The van der Waals surface area contributed by atoms with Crippen molar-refractivity contribution in [2.45, 2.75) is 57.7 Å². The summed E-state index contributed by atoms with van der Waals surface area (Å²) in [7, 11) is 0. The van der Waals surface area contributed by atoms with E-state index in [1.54, 1.807) is 0 Å². The number of hydrogen-bond acceptors (Lipinski definition) is 9. The van der Waals surface area contributed by atoms with Gasteiger partial charge in [-0.3, -0.25) is 14.6 Å². The number of aryl methyl sites for hydroxylation is 1. The summed E-state index contributed by atoms with van der Waals surface area (Å²) in [6.07, 6.45) is -3.98. The number of alkyl halides is 6. The maximum absolute atomic E-state index is 14.6. The summed E-state index contributed by atoms with van der Waals surface area (Å²) in [5.41, 5.74) is 0.317. The predicted molar refractivity (Wildman–Crippen MR) is 144 cm³/mol. The van der Waals surface area contributed by atoms with Crippen LogP contribution in [-0.2, 0) is 36.6 Å². The molecule has 0 saturated heterocycles. The second-order valence-electron chi connectivity index (χ2n) is 9.49. The molecule has 2 N–H and O–H groups in total. The Morgan fingerprint density at radius 3 is 2.59 bits per heavy atom. The van der Waals surface area contributed by atoms with Crippen LogP contribution in [0.15, 0.2) is 48.8 Å². The average molecular weight is 643 g/mol. The number of hydrogen-bond donors (Lipinski definition) is 2. The van der Waals surface area contributed by atoms with Gasteiger partial charge < -0.3 is 15.4 Å². The van der Waals surface area contributed by atoms with Gasteiger partial charge >= 0.3 is 6.36 Å². The van der Waals surface area contributed by atoms with Gasteiger partial charge in [0.15, 0.2) is 5.69 Å². The van der Waals surface area contributed by atoms with E-state index in [0.29, 0.717) is 10.7 Å². The van der Waals surface area contributed by atoms with Gasteiger partial charge in [0.25, 0.3) is 11.8 Å². The number of rotatable bonds is 13. The SMILES string of the molecule is CC(F)(F)c1ccc(CNC(=O)c2cn(CC(F)CCc3nnc(NC(=O)Cc4cccc(OC(F)(F)F)c4)s3)nn2)nc1. The van der Waals surface area contributed by atoms with Crippen LogP contribution in [0.1, 0.15) is 45.7 Å². The number of amides is 2. The minimum absolute atomic E-state index is 0.0223. The smallest absolute Gasteiger partial charge is 0.406 e. The minimum Gasteiger partial charge on any atom is -0.406 e. The topological polar surface area (TPSA) is 137 Å². The highest BCUT2D eigenvalue weighted by Crippen LogP contribution is 2.26. The molecule has 1 unspecified atom stereocenters. The van der Waals surface area contributed by atoms with E-state index in [9.17, 15) is 35.9 Å². The first-order valence-electron chi connectivity index (χ1n) is 12.9. The molecule has 234 valence electrons. The highest BCUT2D eigenvalue weighted by molar-refractivity contribution is 7.15. The summed E-state index contributed by atoms with van der Waals surface area (Å²) >= 11 is 1.02. The van der Waals surface area contributed by atoms with E-state index in [1.165, 1.54) is 30.5 Å². The molecule has 0 aliphatic rings. The van der Waals surface area contributed by atoms with Crippen LogP contribution in [0.4, 0.5) is 31.5 Å². The van der Waals surface area contributed by atoms with Crippen molar-refractivity contribution >= 4 is 28.3 Å². The number of aromatic nitrogens is 6. The number of benzene rings is 1. The van der Waals surface area contributed by atoms with E-state index in [2.05, 4.69) is 40.9 Å². The van der Waals surface area contributed by atoms with Gasteiger partial charge in [-0.15, -0.1) is 28.5 Å². The number of ether oxygens (including phenoxy) is 1. The van der Waals surface area contributed by atoms with Gasteiger partial charge in [0.2, 0.25) is 11.0 Å². The number of nitrogens with one attached hydrogen (secondary N) is 2. The Hall–Kier alpha value is -4.61. The van der Waals surface area contributed by atoms with E-state index in [0.717, 1.165) is 41.3 Å². The largest absolute Gasteiger partial charge is 0.573 e. The van der Waals surface area contributed by atoms with Crippen LogP contribution in [0.25, 0.3) is 0 Å². The van der Waals surface area contributed by atoms with Crippen LogP contribution in [-0.4, -0.2) is 54.5 Å². The summed E-state index contributed by atoms with van der Waals surface area (Å²) in [6, 6.07) is 7.60. The molecule has 0 aliphatic carbocycles. The molecule has 0 aliphatic heterocycles. The Kier molecular flexibility index (Phi) is 10.1. The second kappa shape index (κ2) is 13.8. The van der Waals surface area contributed by atoms with E-state index < -0.39 is 36.0 Å². The quantitative estimate of drug-likeness (QED) is 0.202. The Bertz CT molecular complexity index is 1570. The number of carbonyl (C=O) groups is 2. The summed E-state index contributed by atoms with van der Waals surface area (Å²) in [5.74, 6) is -4.62. The Morgan fingerprint density at radius 2 is 1.89 bits per heavy atom. The number of anilines is 1. The van der Waals surface area contributed by atoms with E-state index in [1.807, 2.05) is 0 Å². The van der Waals surface area contributed by atoms with Crippen molar-refractivity contribution in [1.29, 1.82) is 0 Å². The van der Waals surface area contributed by atoms with Crippen LogP contribution >= 0.6 is 11.3 Å². The van der Waals surface area contributed by atoms with Crippen molar-refractivity contribution in [3.05, 3.63) is 76.3 Å². The molecule has 0 saturated carbocycles. The maximum atomic E-state index is 14.6. The lowest BCUT2D eigenvalue weighted by atomic mass is 10.1. The van der Waals surface area contributed by atoms with Crippen LogP contribution < -0.4 is 15.4 Å². The number of nitrogens with zero attached hydrogens (tertiary/aromatic N) is 6.